The Labute approximate surface area is 178 Å². The minimum atomic E-state index is -0.419. The molecule has 2 N–H and O–H groups in total. The molecule has 0 bridgehead atoms. The Balaban J connectivity index is 1.30. The summed E-state index contributed by atoms with van der Waals surface area (Å²) < 4.78 is 0. The zero-order valence-electron chi connectivity index (χ0n) is 19.1. The van der Waals surface area contributed by atoms with Crippen LogP contribution in [0.3, 0.4) is 0 Å². The average molecular weight is 401 g/mol. The molecule has 8 atom stereocenters. The standard InChI is InChI=1S/C27H44O2/c1-4-26(28)14-11-20-19(17-26)5-6-22-21(20)10-12-25(3)23(7-8-24(22)25)18(2)9-13-27(29)15-16-27/h5,18,20-24,28-29H,4,6-17H2,1-3H3/t18-,20+,21-,22-,23-,24+,25-,26+/m1/s1. The molecular formula is C27H44O2. The van der Waals surface area contributed by atoms with E-state index in [1.807, 2.05) is 0 Å². The molecule has 0 spiro atoms. The van der Waals surface area contributed by atoms with Crippen molar-refractivity contribution >= 4 is 0 Å². The van der Waals surface area contributed by atoms with Gasteiger partial charge in [-0.3, -0.25) is 0 Å². The molecule has 29 heavy (non-hydrogen) atoms. The summed E-state index contributed by atoms with van der Waals surface area (Å²) in [5.74, 6) is 5.07. The fourth-order valence-corrected chi connectivity index (χ4v) is 8.73. The van der Waals surface area contributed by atoms with Crippen LogP contribution in [0.1, 0.15) is 104 Å². The number of fused-ring (bicyclic) bond motifs is 5. The topological polar surface area (TPSA) is 40.5 Å². The Hall–Kier alpha value is -0.340. The van der Waals surface area contributed by atoms with Crippen LogP contribution in [-0.4, -0.2) is 21.4 Å². The molecule has 5 aliphatic rings. The average Bonchev–Trinajstić information content (AvgIpc) is 3.34. The molecular weight excluding hydrogens is 356 g/mol. The van der Waals surface area contributed by atoms with Crippen molar-refractivity contribution < 1.29 is 10.2 Å². The van der Waals surface area contributed by atoms with Crippen molar-refractivity contribution in [2.24, 2.45) is 40.9 Å². The fraction of sp³-hybridized carbons (Fsp3) is 0.926. The van der Waals surface area contributed by atoms with Crippen LogP contribution in [0.4, 0.5) is 0 Å². The van der Waals surface area contributed by atoms with Crippen LogP contribution in [0.25, 0.3) is 0 Å². The van der Waals surface area contributed by atoms with E-state index in [9.17, 15) is 10.2 Å². The first-order valence-corrected chi connectivity index (χ1v) is 12.9. The Morgan fingerprint density at radius 1 is 1.00 bits per heavy atom. The highest BCUT2D eigenvalue weighted by molar-refractivity contribution is 5.22. The summed E-state index contributed by atoms with van der Waals surface area (Å²) in [5, 5.41) is 21.2. The van der Waals surface area contributed by atoms with E-state index >= 15 is 0 Å². The summed E-state index contributed by atoms with van der Waals surface area (Å²) in [6, 6.07) is 0. The highest BCUT2D eigenvalue weighted by Crippen LogP contribution is 2.65. The van der Waals surface area contributed by atoms with Gasteiger partial charge in [-0.1, -0.05) is 32.4 Å². The van der Waals surface area contributed by atoms with Crippen LogP contribution in [0.5, 0.6) is 0 Å². The molecule has 164 valence electrons. The van der Waals surface area contributed by atoms with Crippen molar-refractivity contribution in [2.45, 2.75) is 115 Å². The van der Waals surface area contributed by atoms with Crippen molar-refractivity contribution in [3.63, 3.8) is 0 Å². The number of aliphatic hydroxyl groups is 2. The Bertz CT molecular complexity index is 663. The van der Waals surface area contributed by atoms with Gasteiger partial charge in [0.2, 0.25) is 0 Å². The number of hydrogen-bond donors (Lipinski definition) is 2. The van der Waals surface area contributed by atoms with Gasteiger partial charge >= 0.3 is 0 Å². The molecule has 0 aromatic heterocycles. The molecule has 2 nitrogen and oxygen atoms in total. The summed E-state index contributed by atoms with van der Waals surface area (Å²) in [6.07, 6.45) is 18.0. The maximum absolute atomic E-state index is 10.9. The van der Waals surface area contributed by atoms with Crippen molar-refractivity contribution in [3.05, 3.63) is 11.6 Å². The van der Waals surface area contributed by atoms with E-state index in [2.05, 4.69) is 26.8 Å². The van der Waals surface area contributed by atoms with Crippen LogP contribution in [0, 0.1) is 40.9 Å². The van der Waals surface area contributed by atoms with Gasteiger partial charge in [0, 0.05) is 0 Å². The van der Waals surface area contributed by atoms with Gasteiger partial charge in [0.1, 0.15) is 0 Å². The van der Waals surface area contributed by atoms with Crippen LogP contribution >= 0.6 is 0 Å². The van der Waals surface area contributed by atoms with Gasteiger partial charge in [-0.25, -0.2) is 0 Å². The van der Waals surface area contributed by atoms with Crippen LogP contribution in [0.2, 0.25) is 0 Å². The summed E-state index contributed by atoms with van der Waals surface area (Å²) in [5.41, 5.74) is 1.44. The molecule has 0 aromatic carbocycles. The van der Waals surface area contributed by atoms with Crippen LogP contribution < -0.4 is 0 Å². The second kappa shape index (κ2) is 7.09. The zero-order valence-corrected chi connectivity index (χ0v) is 19.1. The Morgan fingerprint density at radius 3 is 2.52 bits per heavy atom. The lowest BCUT2D eigenvalue weighted by Gasteiger charge is -2.55. The molecule has 0 saturated heterocycles. The largest absolute Gasteiger partial charge is 0.390 e. The van der Waals surface area contributed by atoms with Crippen LogP contribution in [-0.2, 0) is 0 Å². The predicted octanol–water partition coefficient (Wildman–Crippen LogP) is 6.26. The lowest BCUT2D eigenvalue weighted by molar-refractivity contribution is -0.0466. The summed E-state index contributed by atoms with van der Waals surface area (Å²) in [4.78, 5) is 0. The maximum Gasteiger partial charge on any atom is 0.0682 e. The molecule has 0 unspecified atom stereocenters. The Kier molecular flexibility index (Phi) is 5.03. The normalized spacial score (nSPS) is 48.9. The minimum absolute atomic E-state index is 0.281. The second-order valence-electron chi connectivity index (χ2n) is 12.3. The number of allylic oxidation sites excluding steroid dienone is 1. The van der Waals surface area contributed by atoms with Gasteiger partial charge in [-0.2, -0.15) is 0 Å². The molecule has 4 saturated carbocycles. The SMILES string of the molecule is CC[C@]1(O)CC[C@H]2C(=CC[C@@H]3[C@@H]2CC[C@]2(C)[C@@H]([C@H](C)CCC4(O)CC4)CC[C@@H]32)C1. The van der Waals surface area contributed by atoms with Crippen LogP contribution in [0.15, 0.2) is 11.6 Å². The van der Waals surface area contributed by atoms with E-state index < -0.39 is 5.60 Å². The lowest BCUT2D eigenvalue weighted by Crippen LogP contribution is -2.48. The van der Waals surface area contributed by atoms with E-state index in [1.165, 1.54) is 44.9 Å². The highest BCUT2D eigenvalue weighted by atomic mass is 16.3. The van der Waals surface area contributed by atoms with E-state index in [0.29, 0.717) is 5.41 Å². The van der Waals surface area contributed by atoms with E-state index in [4.69, 9.17) is 0 Å². The Morgan fingerprint density at radius 2 is 1.79 bits per heavy atom. The van der Waals surface area contributed by atoms with Crippen molar-refractivity contribution in [1.82, 2.24) is 0 Å². The van der Waals surface area contributed by atoms with Crippen molar-refractivity contribution in [3.8, 4) is 0 Å². The first kappa shape index (κ1) is 20.6. The van der Waals surface area contributed by atoms with Crippen molar-refractivity contribution in [2.75, 3.05) is 0 Å². The van der Waals surface area contributed by atoms with E-state index in [-0.39, 0.29) is 5.60 Å². The molecule has 4 fully saturated rings. The summed E-state index contributed by atoms with van der Waals surface area (Å²) in [7, 11) is 0. The molecule has 5 aliphatic carbocycles. The number of hydrogen-bond acceptors (Lipinski definition) is 2. The molecule has 5 rings (SSSR count). The predicted molar refractivity (Wildman–Crippen MR) is 118 cm³/mol. The van der Waals surface area contributed by atoms with Gasteiger partial charge in [-0.15, -0.1) is 0 Å². The maximum atomic E-state index is 10.9. The monoisotopic (exact) mass is 400 g/mol. The van der Waals surface area contributed by atoms with Gasteiger partial charge < -0.3 is 10.2 Å². The minimum Gasteiger partial charge on any atom is -0.390 e. The molecule has 0 radical (unpaired) electrons. The third kappa shape index (κ3) is 3.45. The lowest BCUT2D eigenvalue weighted by atomic mass is 9.50. The summed E-state index contributed by atoms with van der Waals surface area (Å²) >= 11 is 0. The fourth-order valence-electron chi connectivity index (χ4n) is 8.73. The quantitative estimate of drug-likeness (QED) is 0.535. The first-order chi connectivity index (χ1) is 13.8. The van der Waals surface area contributed by atoms with Gasteiger partial charge in [0.15, 0.2) is 0 Å². The first-order valence-electron chi connectivity index (χ1n) is 12.9. The zero-order chi connectivity index (χ0) is 20.4. The second-order valence-corrected chi connectivity index (χ2v) is 12.3. The smallest absolute Gasteiger partial charge is 0.0682 e. The summed E-state index contributed by atoms with van der Waals surface area (Å²) in [6.45, 7) is 7.28. The van der Waals surface area contributed by atoms with Gasteiger partial charge in [-0.05, 0) is 124 Å². The van der Waals surface area contributed by atoms with Gasteiger partial charge in [0.25, 0.3) is 0 Å². The molecule has 0 aromatic rings. The highest BCUT2D eigenvalue weighted by Gasteiger charge is 2.57. The molecule has 0 amide bonds. The van der Waals surface area contributed by atoms with Gasteiger partial charge in [0.05, 0.1) is 11.2 Å². The number of rotatable bonds is 5. The molecule has 0 aliphatic heterocycles. The van der Waals surface area contributed by atoms with E-state index in [0.717, 1.165) is 74.0 Å². The van der Waals surface area contributed by atoms with E-state index in [1.54, 1.807) is 5.57 Å². The molecule has 0 heterocycles. The third-order valence-corrected chi connectivity index (χ3v) is 10.9. The van der Waals surface area contributed by atoms with Crippen molar-refractivity contribution in [1.29, 1.82) is 0 Å². The molecule has 2 heteroatoms. The third-order valence-electron chi connectivity index (χ3n) is 10.9.